The van der Waals surface area contributed by atoms with Crippen LogP contribution in [0.4, 0.5) is 0 Å². The summed E-state index contributed by atoms with van der Waals surface area (Å²) in [6, 6.07) is 9.65. The quantitative estimate of drug-likeness (QED) is 0.505. The van der Waals surface area contributed by atoms with E-state index in [9.17, 15) is 0 Å². The van der Waals surface area contributed by atoms with Crippen LogP contribution in [0.1, 0.15) is 49.2 Å². The van der Waals surface area contributed by atoms with Gasteiger partial charge in [0.15, 0.2) is 5.96 Å². The minimum atomic E-state index is 0.518. The number of hydrogen-bond donors (Lipinski definition) is 2. The molecule has 1 aliphatic heterocycles. The van der Waals surface area contributed by atoms with Gasteiger partial charge < -0.3 is 20.0 Å². The van der Waals surface area contributed by atoms with Crippen LogP contribution in [0.2, 0.25) is 0 Å². The molecule has 2 N–H and O–H groups in total. The van der Waals surface area contributed by atoms with Crippen LogP contribution in [0.5, 0.6) is 0 Å². The second-order valence-corrected chi connectivity index (χ2v) is 9.24. The third kappa shape index (κ3) is 6.34. The van der Waals surface area contributed by atoms with E-state index in [1.54, 1.807) is 6.26 Å². The third-order valence-electron chi connectivity index (χ3n) is 6.16. The Morgan fingerprint density at radius 2 is 1.97 bits per heavy atom. The zero-order chi connectivity index (χ0) is 19.7. The molecular formula is C23H34N4OS. The molecule has 0 spiro atoms. The lowest BCUT2D eigenvalue weighted by atomic mass is 10.0. The Morgan fingerprint density at radius 3 is 2.69 bits per heavy atom. The van der Waals surface area contributed by atoms with Gasteiger partial charge in [0.05, 0.1) is 6.26 Å². The summed E-state index contributed by atoms with van der Waals surface area (Å²) in [6.45, 7) is 4.09. The molecule has 158 valence electrons. The summed E-state index contributed by atoms with van der Waals surface area (Å²) in [5, 5.41) is 9.37. The number of rotatable bonds is 8. The van der Waals surface area contributed by atoms with Crippen LogP contribution in [-0.2, 0) is 12.8 Å². The van der Waals surface area contributed by atoms with Crippen molar-refractivity contribution in [1.82, 2.24) is 15.5 Å². The normalized spacial score (nSPS) is 19.7. The fourth-order valence-electron chi connectivity index (χ4n) is 4.52. The third-order valence-corrected chi connectivity index (χ3v) is 7.10. The number of nitrogens with zero attached hydrogens (tertiary/aromatic N) is 2. The van der Waals surface area contributed by atoms with Crippen molar-refractivity contribution in [2.24, 2.45) is 4.99 Å². The lowest BCUT2D eigenvalue weighted by Gasteiger charge is -2.36. The monoisotopic (exact) mass is 414 g/mol. The first-order chi connectivity index (χ1) is 14.4. The Morgan fingerprint density at radius 1 is 1.10 bits per heavy atom. The van der Waals surface area contributed by atoms with Gasteiger partial charge >= 0.3 is 0 Å². The van der Waals surface area contributed by atoms with E-state index in [0.717, 1.165) is 43.7 Å². The van der Waals surface area contributed by atoms with E-state index >= 15 is 0 Å². The molecule has 0 aromatic carbocycles. The molecule has 1 saturated carbocycles. The first-order valence-corrected chi connectivity index (χ1v) is 12.1. The Labute approximate surface area is 178 Å². The molecule has 1 saturated heterocycles. The van der Waals surface area contributed by atoms with Gasteiger partial charge in [-0.1, -0.05) is 18.9 Å². The molecule has 0 radical (unpaired) electrons. The van der Waals surface area contributed by atoms with E-state index in [-0.39, 0.29) is 0 Å². The fourth-order valence-corrected chi connectivity index (χ4v) is 5.21. The maximum atomic E-state index is 5.45. The van der Waals surface area contributed by atoms with E-state index in [4.69, 9.17) is 9.41 Å². The number of aliphatic imine (C=N–C) groups is 1. The van der Waals surface area contributed by atoms with Crippen molar-refractivity contribution in [3.05, 3.63) is 46.5 Å². The highest BCUT2D eigenvalue weighted by atomic mass is 32.1. The fraction of sp³-hybridized carbons (Fsp3) is 0.609. The molecule has 0 atom stereocenters. The van der Waals surface area contributed by atoms with Gasteiger partial charge in [0.1, 0.15) is 5.76 Å². The van der Waals surface area contributed by atoms with E-state index < -0.39 is 0 Å². The van der Waals surface area contributed by atoms with E-state index in [0.29, 0.717) is 6.04 Å². The van der Waals surface area contributed by atoms with Gasteiger partial charge in [-0.05, 0) is 49.3 Å². The summed E-state index contributed by atoms with van der Waals surface area (Å²) in [7, 11) is 0. The van der Waals surface area contributed by atoms with Crippen molar-refractivity contribution < 1.29 is 4.42 Å². The van der Waals surface area contributed by atoms with Gasteiger partial charge in [0.25, 0.3) is 0 Å². The number of likely N-dealkylation sites (tertiary alicyclic amines) is 1. The molecule has 29 heavy (non-hydrogen) atoms. The van der Waals surface area contributed by atoms with Crippen molar-refractivity contribution in [3.8, 4) is 0 Å². The molecule has 0 unspecified atom stereocenters. The van der Waals surface area contributed by atoms with Gasteiger partial charge in [0, 0.05) is 56.0 Å². The highest BCUT2D eigenvalue weighted by Crippen LogP contribution is 2.26. The molecule has 3 heterocycles. The van der Waals surface area contributed by atoms with Crippen molar-refractivity contribution in [2.45, 2.75) is 63.5 Å². The summed E-state index contributed by atoms with van der Waals surface area (Å²) < 4.78 is 5.45. The molecule has 2 aromatic rings. The Kier molecular flexibility index (Phi) is 7.65. The summed E-state index contributed by atoms with van der Waals surface area (Å²) in [5.41, 5.74) is 0. The lowest BCUT2D eigenvalue weighted by Crippen LogP contribution is -2.50. The molecule has 0 amide bonds. The predicted octanol–water partition coefficient (Wildman–Crippen LogP) is 4.07. The first kappa shape index (κ1) is 20.5. The molecule has 6 heteroatoms. The number of hydrogen-bond acceptors (Lipinski definition) is 4. The molecule has 2 fully saturated rings. The maximum absolute atomic E-state index is 5.45. The summed E-state index contributed by atoms with van der Waals surface area (Å²) in [6.07, 6.45) is 11.7. The summed E-state index contributed by atoms with van der Waals surface area (Å²) in [4.78, 5) is 8.99. The Balaban J connectivity index is 1.26. The number of thiophene rings is 1. The average Bonchev–Trinajstić information content (AvgIpc) is 3.51. The molecule has 4 rings (SSSR count). The second-order valence-electron chi connectivity index (χ2n) is 8.21. The van der Waals surface area contributed by atoms with Crippen LogP contribution < -0.4 is 10.6 Å². The highest BCUT2D eigenvalue weighted by Gasteiger charge is 2.27. The number of furan rings is 1. The van der Waals surface area contributed by atoms with Crippen molar-refractivity contribution >= 4 is 17.3 Å². The average molecular weight is 415 g/mol. The summed E-state index contributed by atoms with van der Waals surface area (Å²) >= 11 is 1.81. The maximum Gasteiger partial charge on any atom is 0.191 e. The van der Waals surface area contributed by atoms with E-state index in [1.807, 2.05) is 23.5 Å². The van der Waals surface area contributed by atoms with E-state index in [1.165, 1.54) is 56.5 Å². The van der Waals surface area contributed by atoms with Crippen LogP contribution in [-0.4, -0.2) is 49.1 Å². The topological polar surface area (TPSA) is 52.8 Å². The van der Waals surface area contributed by atoms with Gasteiger partial charge in [-0.2, -0.15) is 0 Å². The SMILES string of the molecule is c1coc(CCNC(=NCCc2cccs2)NC2CCN(C3CCCC3)CC2)c1. The largest absolute Gasteiger partial charge is 0.469 e. The minimum Gasteiger partial charge on any atom is -0.469 e. The smallest absolute Gasteiger partial charge is 0.191 e. The zero-order valence-corrected chi connectivity index (χ0v) is 18.1. The van der Waals surface area contributed by atoms with Crippen LogP contribution in [0.3, 0.4) is 0 Å². The first-order valence-electron chi connectivity index (χ1n) is 11.2. The van der Waals surface area contributed by atoms with Gasteiger partial charge in [-0.15, -0.1) is 11.3 Å². The van der Waals surface area contributed by atoms with E-state index in [2.05, 4.69) is 33.0 Å². The zero-order valence-electron chi connectivity index (χ0n) is 17.3. The van der Waals surface area contributed by atoms with Crippen LogP contribution in [0.25, 0.3) is 0 Å². The second kappa shape index (κ2) is 10.8. The molecule has 2 aliphatic rings. The summed E-state index contributed by atoms with van der Waals surface area (Å²) in [5.74, 6) is 1.97. The molecule has 2 aromatic heterocycles. The Hall–Kier alpha value is -1.79. The number of piperidine rings is 1. The molecule has 1 aliphatic carbocycles. The van der Waals surface area contributed by atoms with Crippen molar-refractivity contribution in [2.75, 3.05) is 26.2 Å². The molecule has 0 bridgehead atoms. The van der Waals surface area contributed by atoms with Crippen molar-refractivity contribution in [1.29, 1.82) is 0 Å². The number of nitrogens with one attached hydrogen (secondary N) is 2. The van der Waals surface area contributed by atoms with Crippen LogP contribution in [0.15, 0.2) is 45.3 Å². The molecular weight excluding hydrogens is 380 g/mol. The Bertz CT molecular complexity index is 714. The van der Waals surface area contributed by atoms with Crippen LogP contribution in [0, 0.1) is 0 Å². The predicted molar refractivity (Wildman–Crippen MR) is 121 cm³/mol. The minimum absolute atomic E-state index is 0.518. The van der Waals surface area contributed by atoms with Crippen molar-refractivity contribution in [3.63, 3.8) is 0 Å². The molecule has 5 nitrogen and oxygen atoms in total. The standard InChI is InChI=1S/C23H34N4OS/c1-2-6-20(5-1)27-15-11-19(12-16-27)26-23(24-13-9-21-7-3-17-28-21)25-14-10-22-8-4-18-29-22/h3-4,7-8,17-20H,1-2,5-6,9-16H2,(H2,24,25,26). The highest BCUT2D eigenvalue weighted by molar-refractivity contribution is 7.09. The number of guanidine groups is 1. The van der Waals surface area contributed by atoms with Crippen LogP contribution >= 0.6 is 11.3 Å². The van der Waals surface area contributed by atoms with Gasteiger partial charge in [0.2, 0.25) is 0 Å². The van der Waals surface area contributed by atoms with Gasteiger partial charge in [-0.3, -0.25) is 4.99 Å². The van der Waals surface area contributed by atoms with Gasteiger partial charge in [-0.25, -0.2) is 0 Å². The lowest BCUT2D eigenvalue weighted by molar-refractivity contribution is 0.150.